The van der Waals surface area contributed by atoms with Crippen LogP contribution in [0.4, 0.5) is 32.2 Å². The Morgan fingerprint density at radius 3 is 2.43 bits per heavy atom. The lowest BCUT2D eigenvalue weighted by Gasteiger charge is -2.23. The van der Waals surface area contributed by atoms with E-state index >= 15 is 8.78 Å². The lowest BCUT2D eigenvalue weighted by molar-refractivity contribution is -0.123. The van der Waals surface area contributed by atoms with Crippen molar-refractivity contribution in [1.29, 1.82) is 0 Å². The van der Waals surface area contributed by atoms with Gasteiger partial charge in [-0.3, -0.25) is 14.2 Å². The van der Waals surface area contributed by atoms with Gasteiger partial charge in [-0.25, -0.2) is 22.5 Å². The second-order valence-electron chi connectivity index (χ2n) is 14.7. The van der Waals surface area contributed by atoms with E-state index in [1.165, 1.54) is 0 Å². The molecule has 0 unspecified atom stereocenters. The fourth-order valence-electron chi connectivity index (χ4n) is 7.31. The number of nitrogens with zero attached hydrogens (tertiary/aromatic N) is 5. The van der Waals surface area contributed by atoms with Gasteiger partial charge in [0, 0.05) is 47.7 Å². The molecule has 15 heteroatoms. The van der Waals surface area contributed by atoms with Crippen LogP contribution in [0.3, 0.4) is 0 Å². The third-order valence-corrected chi connectivity index (χ3v) is 9.86. The molecule has 1 amide bonds. The van der Waals surface area contributed by atoms with Gasteiger partial charge in [0.1, 0.15) is 35.3 Å². The number of rotatable bonds is 10. The van der Waals surface area contributed by atoms with E-state index in [4.69, 9.17) is 16.6 Å². The summed E-state index contributed by atoms with van der Waals surface area (Å²) in [5.74, 6) is -1.15. The van der Waals surface area contributed by atoms with Crippen LogP contribution in [0.15, 0.2) is 42.5 Å². The van der Waals surface area contributed by atoms with Crippen molar-refractivity contribution in [3.05, 3.63) is 93.0 Å². The molecule has 0 aliphatic heterocycles. The molecule has 3 aromatic heterocycles. The third-order valence-electron chi connectivity index (χ3n) is 9.55. The standard InChI is InChI=1S/C39H36ClF6N7O/c1-6-47-37-31-27(40)10-9-24(34(31)52(5)51-37)23-8-7-22(11-12-38(2,3)4)48-32(23)28(15-19-13-20(41)16-21(42)14-19)49-29(54)18-53-35-30(33(50-53)36(43)44)25-17-26(25)39(35,45)46/h7-10,13-14,16,25-26,28,36H,6,15,17-18H2,1-5H3,(H,47,51)(H,49,54)/t25-,26+,28-/m0/s1. The highest BCUT2D eigenvalue weighted by Crippen LogP contribution is 2.68. The fraction of sp³-hybridized carbons (Fsp3) is 0.385. The number of pyridine rings is 1. The first kappa shape index (κ1) is 37.3. The Bertz CT molecular complexity index is 2350. The Kier molecular flexibility index (Phi) is 9.44. The van der Waals surface area contributed by atoms with Crippen molar-refractivity contribution >= 4 is 34.2 Å². The number of benzene rings is 2. The van der Waals surface area contributed by atoms with Crippen molar-refractivity contribution in [1.82, 2.24) is 29.9 Å². The molecule has 1 saturated carbocycles. The van der Waals surface area contributed by atoms with Crippen molar-refractivity contribution in [2.75, 3.05) is 11.9 Å². The molecular weight excluding hydrogens is 732 g/mol. The first-order valence-corrected chi connectivity index (χ1v) is 17.8. The molecule has 0 spiro atoms. The summed E-state index contributed by atoms with van der Waals surface area (Å²) in [7, 11) is 1.74. The van der Waals surface area contributed by atoms with Crippen molar-refractivity contribution in [3.63, 3.8) is 0 Å². The van der Waals surface area contributed by atoms with Crippen LogP contribution in [0.25, 0.3) is 22.0 Å². The fourth-order valence-corrected chi connectivity index (χ4v) is 7.55. The highest BCUT2D eigenvalue weighted by atomic mass is 35.5. The van der Waals surface area contributed by atoms with Gasteiger partial charge < -0.3 is 10.6 Å². The SMILES string of the molecule is CCNc1nn(C)c2c(-c3ccc(C#CC(C)(C)C)nc3[C@H](Cc3cc(F)cc(F)c3)NC(=O)Cn3nc(C(F)F)c4c3C(F)(F)[C@@H]3C[C@H]43)ccc(Cl)c12. The molecule has 0 bridgehead atoms. The molecule has 0 radical (unpaired) electrons. The molecule has 54 heavy (non-hydrogen) atoms. The second kappa shape index (κ2) is 13.7. The summed E-state index contributed by atoms with van der Waals surface area (Å²) >= 11 is 6.69. The number of aromatic nitrogens is 5. The summed E-state index contributed by atoms with van der Waals surface area (Å²) in [6.45, 7) is 7.41. The van der Waals surface area contributed by atoms with Crippen LogP contribution in [0.5, 0.6) is 0 Å². The normalized spacial score (nSPS) is 17.6. The molecule has 2 aliphatic rings. The van der Waals surface area contributed by atoms with Gasteiger partial charge in [0.2, 0.25) is 5.91 Å². The van der Waals surface area contributed by atoms with Crippen LogP contribution in [0, 0.1) is 34.8 Å². The molecular formula is C39H36ClF6N7O. The van der Waals surface area contributed by atoms with Gasteiger partial charge in [-0.15, -0.1) is 0 Å². The van der Waals surface area contributed by atoms with Gasteiger partial charge in [0.05, 0.1) is 27.7 Å². The first-order valence-electron chi connectivity index (χ1n) is 17.4. The minimum atomic E-state index is -3.44. The molecule has 0 saturated heterocycles. The average Bonchev–Trinajstić information content (AvgIpc) is 3.62. The molecule has 2 N–H and O–H groups in total. The zero-order chi connectivity index (χ0) is 38.9. The van der Waals surface area contributed by atoms with Crippen molar-refractivity contribution in [2.45, 2.75) is 71.4 Å². The number of carbonyl (C=O) groups is 1. The van der Waals surface area contributed by atoms with E-state index in [1.54, 1.807) is 36.0 Å². The summed E-state index contributed by atoms with van der Waals surface area (Å²) in [6.07, 6.45) is -3.26. The molecule has 3 heterocycles. The first-order chi connectivity index (χ1) is 25.5. The Morgan fingerprint density at radius 1 is 1.06 bits per heavy atom. The number of anilines is 1. The third kappa shape index (κ3) is 6.90. The highest BCUT2D eigenvalue weighted by molar-refractivity contribution is 6.37. The van der Waals surface area contributed by atoms with Gasteiger partial charge in [-0.1, -0.05) is 23.6 Å². The summed E-state index contributed by atoms with van der Waals surface area (Å²) < 4.78 is 90.2. The highest BCUT2D eigenvalue weighted by Gasteiger charge is 2.67. The van der Waals surface area contributed by atoms with Crippen molar-refractivity contribution in [3.8, 4) is 23.0 Å². The van der Waals surface area contributed by atoms with E-state index < -0.39 is 71.1 Å². The lowest BCUT2D eigenvalue weighted by Crippen LogP contribution is -2.35. The zero-order valence-electron chi connectivity index (χ0n) is 30.0. The Morgan fingerprint density at radius 2 is 1.76 bits per heavy atom. The number of halogens is 7. The number of hydrogen-bond donors (Lipinski definition) is 2. The van der Waals surface area contributed by atoms with Crippen molar-refractivity contribution in [2.24, 2.45) is 18.4 Å². The van der Waals surface area contributed by atoms with E-state index in [9.17, 15) is 22.4 Å². The quantitative estimate of drug-likeness (QED) is 0.110. The minimum absolute atomic E-state index is 0.0669. The molecule has 282 valence electrons. The minimum Gasteiger partial charge on any atom is -0.368 e. The van der Waals surface area contributed by atoms with Crippen molar-refractivity contribution < 1.29 is 31.1 Å². The number of nitrogens with one attached hydrogen (secondary N) is 2. The number of hydrogen-bond acceptors (Lipinski definition) is 5. The molecule has 2 aromatic carbocycles. The van der Waals surface area contributed by atoms with E-state index in [0.29, 0.717) is 55.9 Å². The van der Waals surface area contributed by atoms with Crippen LogP contribution >= 0.6 is 11.6 Å². The Balaban J connectivity index is 1.37. The topological polar surface area (TPSA) is 89.7 Å². The Hall–Kier alpha value is -5.03. The lowest BCUT2D eigenvalue weighted by atomic mass is 9.93. The molecule has 5 aromatic rings. The molecule has 2 aliphatic carbocycles. The van der Waals surface area contributed by atoms with E-state index in [0.717, 1.165) is 12.1 Å². The molecule has 7 rings (SSSR count). The van der Waals surface area contributed by atoms with E-state index in [2.05, 4.69) is 32.7 Å². The number of amides is 1. The number of aryl methyl sites for hydroxylation is 1. The Labute approximate surface area is 312 Å². The molecule has 1 fully saturated rings. The zero-order valence-corrected chi connectivity index (χ0v) is 30.7. The van der Waals surface area contributed by atoms with Gasteiger partial charge in [0.15, 0.2) is 5.82 Å². The van der Waals surface area contributed by atoms with Gasteiger partial charge in [0.25, 0.3) is 12.3 Å². The largest absolute Gasteiger partial charge is 0.368 e. The smallest absolute Gasteiger partial charge is 0.293 e. The molecule has 8 nitrogen and oxygen atoms in total. The van der Waals surface area contributed by atoms with Gasteiger partial charge in [-0.2, -0.15) is 19.0 Å². The predicted octanol–water partition coefficient (Wildman–Crippen LogP) is 8.84. The number of alkyl halides is 4. The summed E-state index contributed by atoms with van der Waals surface area (Å²) in [4.78, 5) is 18.8. The summed E-state index contributed by atoms with van der Waals surface area (Å²) in [5, 5.41) is 15.5. The van der Waals surface area contributed by atoms with E-state index in [-0.39, 0.29) is 29.7 Å². The monoisotopic (exact) mass is 767 g/mol. The van der Waals surface area contributed by atoms with Gasteiger partial charge in [-0.05, 0) is 88.3 Å². The summed E-state index contributed by atoms with van der Waals surface area (Å²) in [5.41, 5.74) is 0.347. The van der Waals surface area contributed by atoms with Crippen LogP contribution in [0.2, 0.25) is 5.02 Å². The summed E-state index contributed by atoms with van der Waals surface area (Å²) in [6, 6.07) is 8.69. The van der Waals surface area contributed by atoms with Crippen LogP contribution < -0.4 is 10.6 Å². The number of carbonyl (C=O) groups excluding carboxylic acids is 1. The maximum atomic E-state index is 15.4. The maximum absolute atomic E-state index is 15.4. The maximum Gasteiger partial charge on any atom is 0.293 e. The average molecular weight is 768 g/mol. The number of fused-ring (bicyclic) bond motifs is 4. The van der Waals surface area contributed by atoms with Crippen LogP contribution in [-0.2, 0) is 30.7 Å². The van der Waals surface area contributed by atoms with E-state index in [1.807, 2.05) is 27.7 Å². The van der Waals surface area contributed by atoms with Crippen LogP contribution in [-0.4, -0.2) is 37.0 Å². The van der Waals surface area contributed by atoms with Gasteiger partial charge >= 0.3 is 0 Å². The predicted molar refractivity (Wildman–Crippen MR) is 192 cm³/mol. The van der Waals surface area contributed by atoms with Crippen LogP contribution in [0.1, 0.15) is 86.4 Å². The second-order valence-corrected chi connectivity index (χ2v) is 15.1. The molecule has 3 atom stereocenters.